The molecule has 16 heavy (non-hydrogen) atoms. The topological polar surface area (TPSA) is 46.3 Å². The molecule has 1 aromatic rings. The molecule has 1 unspecified atom stereocenters. The van der Waals surface area contributed by atoms with Gasteiger partial charge in [-0.1, -0.05) is 0 Å². The molecule has 1 fully saturated rings. The van der Waals surface area contributed by atoms with Gasteiger partial charge in [-0.2, -0.15) is 0 Å². The maximum atomic E-state index is 11.1. The van der Waals surface area contributed by atoms with Crippen molar-refractivity contribution in [2.45, 2.75) is 19.4 Å². The minimum absolute atomic E-state index is 0.0390. The van der Waals surface area contributed by atoms with E-state index >= 15 is 0 Å². The monoisotopic (exact) mass is 302 g/mol. The first kappa shape index (κ1) is 12.1. The number of carbonyl (C=O) groups is 1. The number of hydrogen-bond donors (Lipinski definition) is 1. The first-order chi connectivity index (χ1) is 7.65. The Morgan fingerprint density at radius 1 is 1.69 bits per heavy atom. The minimum atomic E-state index is -0.155. The van der Waals surface area contributed by atoms with Gasteiger partial charge >= 0.3 is 0 Å². The Hall–Kier alpha value is -0.390. The van der Waals surface area contributed by atoms with Crippen molar-refractivity contribution < 1.29 is 4.79 Å². The first-order valence-electron chi connectivity index (χ1n) is 5.40. The van der Waals surface area contributed by atoms with Gasteiger partial charge in [0.1, 0.15) is 0 Å². The van der Waals surface area contributed by atoms with Gasteiger partial charge in [-0.15, -0.1) is 11.3 Å². The lowest BCUT2D eigenvalue weighted by atomic mass is 9.97. The van der Waals surface area contributed by atoms with E-state index in [1.54, 1.807) is 11.3 Å². The predicted molar refractivity (Wildman–Crippen MR) is 69.2 cm³/mol. The fourth-order valence-corrected chi connectivity index (χ4v) is 3.58. The molecular formula is C11H15BrN2OS. The lowest BCUT2D eigenvalue weighted by Crippen LogP contribution is -2.40. The number of rotatable bonds is 3. The van der Waals surface area contributed by atoms with Crippen molar-refractivity contribution in [3.05, 3.63) is 20.8 Å². The molecule has 1 aliphatic rings. The number of nitrogens with two attached hydrogens (primary N) is 1. The summed E-state index contributed by atoms with van der Waals surface area (Å²) in [6.45, 7) is 2.81. The highest BCUT2D eigenvalue weighted by Gasteiger charge is 2.23. The molecule has 0 aromatic carbocycles. The van der Waals surface area contributed by atoms with Crippen LogP contribution in [0.25, 0.3) is 0 Å². The molecule has 1 atom stereocenters. The van der Waals surface area contributed by atoms with Crippen molar-refractivity contribution in [3.8, 4) is 0 Å². The number of halogens is 1. The van der Waals surface area contributed by atoms with Gasteiger partial charge in [0.25, 0.3) is 0 Å². The largest absolute Gasteiger partial charge is 0.369 e. The molecular weight excluding hydrogens is 288 g/mol. The predicted octanol–water partition coefficient (Wildman–Crippen LogP) is 2.21. The Morgan fingerprint density at radius 2 is 2.50 bits per heavy atom. The van der Waals surface area contributed by atoms with Gasteiger partial charge in [0.2, 0.25) is 5.91 Å². The number of piperidine rings is 1. The summed E-state index contributed by atoms with van der Waals surface area (Å²) in [6.07, 6.45) is 2.01. The van der Waals surface area contributed by atoms with Crippen LogP contribution in [-0.4, -0.2) is 23.9 Å². The van der Waals surface area contributed by atoms with Gasteiger partial charge in [0, 0.05) is 27.8 Å². The van der Waals surface area contributed by atoms with Crippen LogP contribution in [0.4, 0.5) is 0 Å². The average molecular weight is 303 g/mol. The molecule has 2 rings (SSSR count). The molecule has 1 amide bonds. The van der Waals surface area contributed by atoms with Gasteiger partial charge in [-0.05, 0) is 41.4 Å². The highest BCUT2D eigenvalue weighted by atomic mass is 79.9. The van der Waals surface area contributed by atoms with E-state index < -0.39 is 0 Å². The maximum Gasteiger partial charge on any atom is 0.221 e. The van der Waals surface area contributed by atoms with Gasteiger partial charge in [-0.3, -0.25) is 9.69 Å². The summed E-state index contributed by atoms with van der Waals surface area (Å²) in [5.74, 6) is -0.116. The normalized spacial score (nSPS) is 22.2. The lowest BCUT2D eigenvalue weighted by Gasteiger charge is -2.30. The summed E-state index contributed by atoms with van der Waals surface area (Å²) in [7, 11) is 0. The molecule has 2 N–H and O–H groups in total. The van der Waals surface area contributed by atoms with E-state index in [9.17, 15) is 4.79 Å². The van der Waals surface area contributed by atoms with Crippen LogP contribution < -0.4 is 5.73 Å². The third-order valence-corrected chi connectivity index (χ3v) is 4.59. The van der Waals surface area contributed by atoms with Crippen molar-refractivity contribution >= 4 is 33.2 Å². The van der Waals surface area contributed by atoms with Gasteiger partial charge in [-0.25, -0.2) is 0 Å². The molecule has 1 aromatic heterocycles. The Labute approximate surface area is 108 Å². The second kappa shape index (κ2) is 5.29. The summed E-state index contributed by atoms with van der Waals surface area (Å²) in [5.41, 5.74) is 5.36. The number of likely N-dealkylation sites (tertiary alicyclic amines) is 1. The summed E-state index contributed by atoms with van der Waals surface area (Å²) in [6, 6.07) is 2.14. The molecule has 3 nitrogen and oxygen atoms in total. The van der Waals surface area contributed by atoms with E-state index in [1.165, 1.54) is 4.88 Å². The lowest BCUT2D eigenvalue weighted by molar-refractivity contribution is -0.123. The van der Waals surface area contributed by atoms with Crippen molar-refractivity contribution in [2.75, 3.05) is 13.1 Å². The standard InChI is InChI=1S/C11H15BrN2OS/c12-9-4-10(16-7-9)6-14-3-1-2-8(5-14)11(13)15/h4,7-8H,1-3,5-6H2,(H2,13,15). The maximum absolute atomic E-state index is 11.1. The van der Waals surface area contributed by atoms with Crippen LogP contribution in [0.3, 0.4) is 0 Å². The first-order valence-corrected chi connectivity index (χ1v) is 7.07. The zero-order valence-corrected chi connectivity index (χ0v) is 11.4. The molecule has 0 saturated carbocycles. The zero-order chi connectivity index (χ0) is 11.5. The van der Waals surface area contributed by atoms with Gasteiger partial charge in [0.05, 0.1) is 5.92 Å². The Balaban J connectivity index is 1.92. The number of carbonyl (C=O) groups excluding carboxylic acids is 1. The highest BCUT2D eigenvalue weighted by Crippen LogP contribution is 2.23. The second-order valence-corrected chi connectivity index (χ2v) is 6.12. The third-order valence-electron chi connectivity index (χ3n) is 2.91. The van der Waals surface area contributed by atoms with Crippen LogP contribution in [-0.2, 0) is 11.3 Å². The number of nitrogens with zero attached hydrogens (tertiary/aromatic N) is 1. The van der Waals surface area contributed by atoms with Crippen molar-refractivity contribution in [2.24, 2.45) is 11.7 Å². The number of amides is 1. The summed E-state index contributed by atoms with van der Waals surface area (Å²) in [4.78, 5) is 14.8. The molecule has 5 heteroatoms. The quantitative estimate of drug-likeness (QED) is 0.930. The SMILES string of the molecule is NC(=O)C1CCCN(Cc2cc(Br)cs2)C1. The number of thiophene rings is 1. The highest BCUT2D eigenvalue weighted by molar-refractivity contribution is 9.10. The van der Waals surface area contributed by atoms with Gasteiger partial charge in [0.15, 0.2) is 0 Å². The average Bonchev–Trinajstić information content (AvgIpc) is 2.64. The van der Waals surface area contributed by atoms with Crippen molar-refractivity contribution in [3.63, 3.8) is 0 Å². The Kier molecular flexibility index (Phi) is 4.00. The minimum Gasteiger partial charge on any atom is -0.369 e. The third kappa shape index (κ3) is 3.06. The van der Waals surface area contributed by atoms with Gasteiger partial charge < -0.3 is 5.73 Å². The Morgan fingerprint density at radius 3 is 3.12 bits per heavy atom. The van der Waals surface area contributed by atoms with E-state index in [0.29, 0.717) is 0 Å². The molecule has 88 valence electrons. The Bertz CT molecular complexity index is 380. The molecule has 1 aliphatic heterocycles. The molecule has 0 radical (unpaired) electrons. The number of primary amides is 1. The molecule has 0 aliphatic carbocycles. The fraction of sp³-hybridized carbons (Fsp3) is 0.545. The van der Waals surface area contributed by atoms with Crippen LogP contribution in [0.15, 0.2) is 15.9 Å². The zero-order valence-electron chi connectivity index (χ0n) is 8.99. The fourth-order valence-electron chi connectivity index (χ4n) is 2.09. The molecule has 1 saturated heterocycles. The summed E-state index contributed by atoms with van der Waals surface area (Å²) >= 11 is 5.20. The van der Waals surface area contributed by atoms with Crippen LogP contribution in [0.5, 0.6) is 0 Å². The van der Waals surface area contributed by atoms with E-state index in [2.05, 4.69) is 32.3 Å². The van der Waals surface area contributed by atoms with E-state index in [0.717, 1.165) is 36.9 Å². The smallest absolute Gasteiger partial charge is 0.221 e. The second-order valence-electron chi connectivity index (χ2n) is 4.21. The van der Waals surface area contributed by atoms with Crippen molar-refractivity contribution in [1.29, 1.82) is 0 Å². The molecule has 0 bridgehead atoms. The van der Waals surface area contributed by atoms with Crippen LogP contribution in [0, 0.1) is 5.92 Å². The van der Waals surface area contributed by atoms with Crippen LogP contribution in [0.1, 0.15) is 17.7 Å². The molecule has 0 spiro atoms. The molecule has 2 heterocycles. The van der Waals surface area contributed by atoms with Crippen LogP contribution in [0.2, 0.25) is 0 Å². The summed E-state index contributed by atoms with van der Waals surface area (Å²) < 4.78 is 1.14. The number of hydrogen-bond acceptors (Lipinski definition) is 3. The van der Waals surface area contributed by atoms with Crippen molar-refractivity contribution in [1.82, 2.24) is 4.90 Å². The van der Waals surface area contributed by atoms with Crippen LogP contribution >= 0.6 is 27.3 Å². The van der Waals surface area contributed by atoms with E-state index in [1.807, 2.05) is 0 Å². The van der Waals surface area contributed by atoms with E-state index in [4.69, 9.17) is 5.73 Å². The summed E-state index contributed by atoms with van der Waals surface area (Å²) in [5, 5.41) is 2.09. The van der Waals surface area contributed by atoms with E-state index in [-0.39, 0.29) is 11.8 Å².